The minimum absolute atomic E-state index is 0.690. The third-order valence-electron chi connectivity index (χ3n) is 2.22. The van der Waals surface area contributed by atoms with Crippen LogP contribution in [0.25, 0.3) is 11.1 Å². The highest BCUT2D eigenvalue weighted by molar-refractivity contribution is 5.70. The highest BCUT2D eigenvalue weighted by Gasteiger charge is 2.03. The maximum absolute atomic E-state index is 5.58. The van der Waals surface area contributed by atoms with E-state index in [1.807, 2.05) is 49.4 Å². The minimum atomic E-state index is 0.690. The standard InChI is InChI=1S/C14H13O/c1-2-15-14-11-7-6-10-13(14)12-8-4-3-5-9-12/h4-11H,2H2,1H3. The van der Waals surface area contributed by atoms with Gasteiger partial charge in [0, 0.05) is 5.56 Å². The molecule has 0 saturated heterocycles. The van der Waals surface area contributed by atoms with Crippen LogP contribution < -0.4 is 4.74 Å². The van der Waals surface area contributed by atoms with Crippen molar-refractivity contribution < 1.29 is 4.74 Å². The molecule has 0 aromatic heterocycles. The lowest BCUT2D eigenvalue weighted by molar-refractivity contribution is 0.341. The molecule has 2 rings (SSSR count). The van der Waals surface area contributed by atoms with Gasteiger partial charge in [-0.25, -0.2) is 0 Å². The van der Waals surface area contributed by atoms with Crippen molar-refractivity contribution in [3.8, 4) is 16.9 Å². The van der Waals surface area contributed by atoms with Gasteiger partial charge < -0.3 is 4.74 Å². The molecule has 0 spiro atoms. The van der Waals surface area contributed by atoms with E-state index in [2.05, 4.69) is 12.1 Å². The van der Waals surface area contributed by atoms with Crippen molar-refractivity contribution in [2.24, 2.45) is 0 Å². The summed E-state index contributed by atoms with van der Waals surface area (Å²) in [6.07, 6.45) is 0. The molecule has 0 aliphatic carbocycles. The average Bonchev–Trinajstić information content (AvgIpc) is 2.31. The Balaban J connectivity index is 2.43. The second-order valence-electron chi connectivity index (χ2n) is 3.22. The van der Waals surface area contributed by atoms with Crippen LogP contribution in [0.3, 0.4) is 0 Å². The van der Waals surface area contributed by atoms with Gasteiger partial charge in [0.15, 0.2) is 0 Å². The lowest BCUT2D eigenvalue weighted by Gasteiger charge is -2.09. The highest BCUT2D eigenvalue weighted by Crippen LogP contribution is 2.29. The van der Waals surface area contributed by atoms with E-state index in [0.717, 1.165) is 16.9 Å². The van der Waals surface area contributed by atoms with Gasteiger partial charge in [-0.05, 0) is 24.6 Å². The first kappa shape index (κ1) is 9.78. The van der Waals surface area contributed by atoms with E-state index in [0.29, 0.717) is 6.61 Å². The van der Waals surface area contributed by atoms with Gasteiger partial charge in [0.2, 0.25) is 0 Å². The van der Waals surface area contributed by atoms with E-state index < -0.39 is 0 Å². The first-order chi connectivity index (χ1) is 7.42. The van der Waals surface area contributed by atoms with Crippen molar-refractivity contribution in [1.82, 2.24) is 0 Å². The smallest absolute Gasteiger partial charge is 0.127 e. The maximum atomic E-state index is 5.58. The fraction of sp³-hybridized carbons (Fsp3) is 0.143. The van der Waals surface area contributed by atoms with E-state index in [1.165, 1.54) is 0 Å². The molecule has 0 N–H and O–H groups in total. The van der Waals surface area contributed by atoms with Crippen LogP contribution in [0.1, 0.15) is 6.92 Å². The van der Waals surface area contributed by atoms with Gasteiger partial charge in [-0.15, -0.1) is 0 Å². The molecule has 2 aromatic rings. The average molecular weight is 197 g/mol. The first-order valence-corrected chi connectivity index (χ1v) is 5.10. The molecule has 0 saturated carbocycles. The van der Waals surface area contributed by atoms with Crippen LogP contribution >= 0.6 is 0 Å². The van der Waals surface area contributed by atoms with Gasteiger partial charge in [-0.1, -0.05) is 42.5 Å². The fourth-order valence-corrected chi connectivity index (χ4v) is 1.55. The van der Waals surface area contributed by atoms with Crippen molar-refractivity contribution in [1.29, 1.82) is 0 Å². The van der Waals surface area contributed by atoms with E-state index in [1.54, 1.807) is 0 Å². The predicted octanol–water partition coefficient (Wildman–Crippen LogP) is 3.55. The minimum Gasteiger partial charge on any atom is -0.493 e. The third-order valence-corrected chi connectivity index (χ3v) is 2.22. The summed E-state index contributed by atoms with van der Waals surface area (Å²) < 4.78 is 5.58. The van der Waals surface area contributed by atoms with Crippen LogP contribution in [0.4, 0.5) is 0 Å². The lowest BCUT2D eigenvalue weighted by Crippen LogP contribution is -1.93. The van der Waals surface area contributed by atoms with Crippen LogP contribution in [-0.4, -0.2) is 6.61 Å². The molecule has 15 heavy (non-hydrogen) atoms. The quantitative estimate of drug-likeness (QED) is 0.731. The number of benzene rings is 2. The van der Waals surface area contributed by atoms with Gasteiger partial charge >= 0.3 is 0 Å². The van der Waals surface area contributed by atoms with Crippen molar-refractivity contribution in [3.05, 3.63) is 54.6 Å². The Morgan fingerprint density at radius 2 is 1.80 bits per heavy atom. The largest absolute Gasteiger partial charge is 0.493 e. The molecular weight excluding hydrogens is 184 g/mol. The summed E-state index contributed by atoms with van der Waals surface area (Å²) in [6.45, 7) is 2.69. The van der Waals surface area contributed by atoms with Gasteiger partial charge in [0.1, 0.15) is 5.75 Å². The van der Waals surface area contributed by atoms with Gasteiger partial charge in [0.05, 0.1) is 6.61 Å². The molecule has 0 unspecified atom stereocenters. The number of hydrogen-bond acceptors (Lipinski definition) is 1. The fourth-order valence-electron chi connectivity index (χ4n) is 1.55. The molecule has 75 valence electrons. The van der Waals surface area contributed by atoms with E-state index in [4.69, 9.17) is 4.74 Å². The molecule has 0 bridgehead atoms. The normalized spacial score (nSPS) is 9.93. The van der Waals surface area contributed by atoms with Crippen molar-refractivity contribution >= 4 is 0 Å². The maximum Gasteiger partial charge on any atom is 0.127 e. The summed E-state index contributed by atoms with van der Waals surface area (Å²) in [4.78, 5) is 0. The van der Waals surface area contributed by atoms with Crippen LogP contribution in [0, 0.1) is 6.07 Å². The van der Waals surface area contributed by atoms with E-state index >= 15 is 0 Å². The Morgan fingerprint density at radius 1 is 1.07 bits per heavy atom. The van der Waals surface area contributed by atoms with Crippen LogP contribution in [0.2, 0.25) is 0 Å². The molecule has 0 aliphatic heterocycles. The molecule has 0 fully saturated rings. The SMILES string of the molecule is CCOc1ccccc1-c1cc[c]cc1. The summed E-state index contributed by atoms with van der Waals surface area (Å²) in [6, 6.07) is 19.0. The molecule has 0 atom stereocenters. The van der Waals surface area contributed by atoms with Gasteiger partial charge in [-0.3, -0.25) is 0 Å². The first-order valence-electron chi connectivity index (χ1n) is 5.10. The van der Waals surface area contributed by atoms with Crippen LogP contribution in [0.15, 0.2) is 48.5 Å². The van der Waals surface area contributed by atoms with E-state index in [-0.39, 0.29) is 0 Å². The molecule has 1 heteroatoms. The monoisotopic (exact) mass is 197 g/mol. The van der Waals surface area contributed by atoms with Crippen molar-refractivity contribution in [2.45, 2.75) is 6.92 Å². The number of rotatable bonds is 3. The third kappa shape index (κ3) is 2.18. The summed E-state index contributed by atoms with van der Waals surface area (Å²) in [7, 11) is 0. The zero-order chi connectivity index (χ0) is 10.5. The summed E-state index contributed by atoms with van der Waals surface area (Å²) in [5.74, 6) is 0.936. The van der Waals surface area contributed by atoms with E-state index in [9.17, 15) is 0 Å². The Bertz CT molecular complexity index is 420. The Hall–Kier alpha value is -1.76. The number of para-hydroxylation sites is 1. The Morgan fingerprint density at radius 3 is 2.53 bits per heavy atom. The molecule has 0 amide bonds. The van der Waals surface area contributed by atoms with Crippen molar-refractivity contribution in [3.63, 3.8) is 0 Å². The second kappa shape index (κ2) is 4.65. The Labute approximate surface area is 90.3 Å². The summed E-state index contributed by atoms with van der Waals surface area (Å²) >= 11 is 0. The lowest BCUT2D eigenvalue weighted by atomic mass is 10.1. The van der Waals surface area contributed by atoms with Crippen LogP contribution in [-0.2, 0) is 0 Å². The molecule has 0 aliphatic rings. The summed E-state index contributed by atoms with van der Waals surface area (Å²) in [5.41, 5.74) is 2.30. The topological polar surface area (TPSA) is 9.23 Å². The zero-order valence-electron chi connectivity index (χ0n) is 8.73. The molecular formula is C14H13O. The Kier molecular flexibility index (Phi) is 3.03. The van der Waals surface area contributed by atoms with Crippen molar-refractivity contribution in [2.75, 3.05) is 6.61 Å². The number of hydrogen-bond donors (Lipinski definition) is 0. The highest BCUT2D eigenvalue weighted by atomic mass is 16.5. The number of ether oxygens (including phenoxy) is 1. The predicted molar refractivity (Wildman–Crippen MR) is 61.9 cm³/mol. The molecule has 1 nitrogen and oxygen atoms in total. The molecule has 2 aromatic carbocycles. The van der Waals surface area contributed by atoms with Crippen LogP contribution in [0.5, 0.6) is 5.75 Å². The second-order valence-corrected chi connectivity index (χ2v) is 3.22. The molecule has 1 radical (unpaired) electrons. The summed E-state index contributed by atoms with van der Waals surface area (Å²) in [5, 5.41) is 0. The van der Waals surface area contributed by atoms with Gasteiger partial charge in [0.25, 0.3) is 0 Å². The van der Waals surface area contributed by atoms with Gasteiger partial charge in [-0.2, -0.15) is 0 Å². The zero-order valence-corrected chi connectivity index (χ0v) is 8.73. The molecule has 0 heterocycles.